The van der Waals surface area contributed by atoms with Crippen LogP contribution in [0.2, 0.25) is 0 Å². The van der Waals surface area contributed by atoms with Gasteiger partial charge in [0.05, 0.1) is 23.1 Å². The first-order valence-corrected chi connectivity index (χ1v) is 8.46. The highest BCUT2D eigenvalue weighted by Gasteiger charge is 2.16. The standard InChI is InChI=1S/C18H18N3O3P/c1-2-16(23)19-10-15-20-11-6-5-9-14(25)17(11)18(24)21(15)12-7-3-4-8-13(12)22/h3-9,22H,2,10,25H2,1H3,(H,19,23). The van der Waals surface area contributed by atoms with Crippen molar-refractivity contribution in [3.63, 3.8) is 0 Å². The molecule has 0 fully saturated rings. The zero-order valence-electron chi connectivity index (χ0n) is 13.7. The molecular weight excluding hydrogens is 337 g/mol. The molecule has 1 aromatic heterocycles. The lowest BCUT2D eigenvalue weighted by molar-refractivity contribution is -0.120. The van der Waals surface area contributed by atoms with Crippen molar-refractivity contribution in [1.82, 2.24) is 14.9 Å². The van der Waals surface area contributed by atoms with Crippen LogP contribution >= 0.6 is 9.24 Å². The lowest BCUT2D eigenvalue weighted by atomic mass is 10.2. The first-order valence-electron chi connectivity index (χ1n) is 7.88. The summed E-state index contributed by atoms with van der Waals surface area (Å²) in [5.74, 6) is 0.185. The van der Waals surface area contributed by atoms with Gasteiger partial charge in [0.1, 0.15) is 11.6 Å². The molecule has 1 unspecified atom stereocenters. The van der Waals surface area contributed by atoms with E-state index in [1.165, 1.54) is 10.6 Å². The van der Waals surface area contributed by atoms with Gasteiger partial charge in [-0.3, -0.25) is 14.2 Å². The molecule has 3 rings (SSSR count). The van der Waals surface area contributed by atoms with E-state index in [0.29, 0.717) is 28.8 Å². The van der Waals surface area contributed by atoms with E-state index in [2.05, 4.69) is 19.5 Å². The molecular formula is C18H18N3O3P. The average Bonchev–Trinajstić information content (AvgIpc) is 2.60. The van der Waals surface area contributed by atoms with Crippen molar-refractivity contribution in [2.24, 2.45) is 0 Å². The minimum Gasteiger partial charge on any atom is -0.506 e. The van der Waals surface area contributed by atoms with Crippen LogP contribution in [0.5, 0.6) is 5.75 Å². The van der Waals surface area contributed by atoms with Gasteiger partial charge in [0.15, 0.2) is 0 Å². The van der Waals surface area contributed by atoms with E-state index >= 15 is 0 Å². The molecule has 0 spiro atoms. The molecule has 128 valence electrons. The molecule has 0 saturated carbocycles. The molecule has 0 aliphatic heterocycles. The fourth-order valence-electron chi connectivity index (χ4n) is 2.62. The van der Waals surface area contributed by atoms with Gasteiger partial charge in [-0.25, -0.2) is 4.98 Å². The maximum Gasteiger partial charge on any atom is 0.266 e. The number of fused-ring (bicyclic) bond motifs is 1. The number of para-hydroxylation sites is 2. The van der Waals surface area contributed by atoms with Crippen molar-refractivity contribution in [1.29, 1.82) is 0 Å². The SMILES string of the molecule is CCC(=O)NCc1nc2cccc(P)c2c(=O)n1-c1ccccc1O. The monoisotopic (exact) mass is 355 g/mol. The van der Waals surface area contributed by atoms with Gasteiger partial charge in [-0.15, -0.1) is 9.24 Å². The number of hydrogen-bond donors (Lipinski definition) is 2. The first-order chi connectivity index (χ1) is 12.0. The number of phenolic OH excluding ortho intramolecular Hbond substituents is 1. The van der Waals surface area contributed by atoms with Crippen molar-refractivity contribution in [2.75, 3.05) is 0 Å². The fraction of sp³-hybridized carbons (Fsp3) is 0.167. The van der Waals surface area contributed by atoms with Gasteiger partial charge < -0.3 is 10.4 Å². The summed E-state index contributed by atoms with van der Waals surface area (Å²) >= 11 is 0. The molecule has 0 radical (unpaired) electrons. The Kier molecular flexibility index (Phi) is 4.81. The number of benzene rings is 2. The van der Waals surface area contributed by atoms with Crippen molar-refractivity contribution in [2.45, 2.75) is 19.9 Å². The third-order valence-corrected chi connectivity index (χ3v) is 4.37. The first kappa shape index (κ1) is 17.1. The number of carbonyl (C=O) groups is 1. The largest absolute Gasteiger partial charge is 0.506 e. The lowest BCUT2D eigenvalue weighted by Gasteiger charge is -2.15. The average molecular weight is 355 g/mol. The Hall–Kier alpha value is -2.72. The number of aromatic nitrogens is 2. The van der Waals surface area contributed by atoms with Crippen LogP contribution in [0, 0.1) is 0 Å². The van der Waals surface area contributed by atoms with Crippen LogP contribution in [0.25, 0.3) is 16.6 Å². The van der Waals surface area contributed by atoms with Crippen LogP contribution in [-0.4, -0.2) is 20.6 Å². The maximum absolute atomic E-state index is 13.1. The van der Waals surface area contributed by atoms with E-state index in [0.717, 1.165) is 5.30 Å². The topological polar surface area (TPSA) is 84.2 Å². The molecule has 2 aromatic carbocycles. The van der Waals surface area contributed by atoms with E-state index in [4.69, 9.17) is 0 Å². The molecule has 1 heterocycles. The second kappa shape index (κ2) is 7.03. The Morgan fingerprint density at radius 3 is 2.72 bits per heavy atom. The van der Waals surface area contributed by atoms with Crippen molar-refractivity contribution < 1.29 is 9.90 Å². The van der Waals surface area contributed by atoms with Crippen LogP contribution in [0.1, 0.15) is 19.2 Å². The smallest absolute Gasteiger partial charge is 0.266 e. The van der Waals surface area contributed by atoms with E-state index in [9.17, 15) is 14.7 Å². The highest BCUT2D eigenvalue weighted by atomic mass is 31.0. The van der Waals surface area contributed by atoms with Gasteiger partial charge in [-0.05, 0) is 23.5 Å². The van der Waals surface area contributed by atoms with E-state index in [1.807, 2.05) is 12.1 Å². The molecule has 25 heavy (non-hydrogen) atoms. The van der Waals surface area contributed by atoms with Crippen LogP contribution in [-0.2, 0) is 11.3 Å². The summed E-state index contributed by atoms with van der Waals surface area (Å²) in [4.78, 5) is 29.3. The van der Waals surface area contributed by atoms with Crippen LogP contribution in [0.3, 0.4) is 0 Å². The summed E-state index contributed by atoms with van der Waals surface area (Å²) in [6.45, 7) is 1.84. The summed E-state index contributed by atoms with van der Waals surface area (Å²) in [5.41, 5.74) is 0.582. The Morgan fingerprint density at radius 1 is 1.24 bits per heavy atom. The quantitative estimate of drug-likeness (QED) is 0.697. The Labute approximate surface area is 146 Å². The highest BCUT2D eigenvalue weighted by molar-refractivity contribution is 7.28. The van der Waals surface area contributed by atoms with Crippen LogP contribution in [0.15, 0.2) is 47.3 Å². The zero-order chi connectivity index (χ0) is 18.0. The number of nitrogens with one attached hydrogen (secondary N) is 1. The van der Waals surface area contributed by atoms with Crippen LogP contribution in [0.4, 0.5) is 0 Å². The number of rotatable bonds is 4. The van der Waals surface area contributed by atoms with E-state index in [1.54, 1.807) is 31.2 Å². The number of phenols is 1. The molecule has 0 aliphatic carbocycles. The Morgan fingerprint density at radius 2 is 2.00 bits per heavy atom. The molecule has 1 amide bonds. The van der Waals surface area contributed by atoms with Gasteiger partial charge in [-0.1, -0.05) is 31.2 Å². The number of nitrogens with zero attached hydrogens (tertiary/aromatic N) is 2. The van der Waals surface area contributed by atoms with Gasteiger partial charge in [0.25, 0.3) is 5.56 Å². The van der Waals surface area contributed by atoms with Crippen molar-refractivity contribution in [3.8, 4) is 11.4 Å². The summed E-state index contributed by atoms with van der Waals surface area (Å²) in [6.07, 6.45) is 0.337. The second-order valence-electron chi connectivity index (χ2n) is 5.53. The highest BCUT2D eigenvalue weighted by Crippen LogP contribution is 2.21. The lowest BCUT2D eigenvalue weighted by Crippen LogP contribution is -2.31. The Balaban J connectivity index is 2.29. The number of carbonyl (C=O) groups excluding carboxylic acids is 1. The molecule has 0 bridgehead atoms. The molecule has 7 heteroatoms. The zero-order valence-corrected chi connectivity index (χ0v) is 14.8. The molecule has 3 aromatic rings. The number of hydrogen-bond acceptors (Lipinski definition) is 4. The van der Waals surface area contributed by atoms with Gasteiger partial charge in [0, 0.05) is 6.42 Å². The fourth-order valence-corrected chi connectivity index (χ4v) is 3.01. The van der Waals surface area contributed by atoms with E-state index in [-0.39, 0.29) is 23.8 Å². The molecule has 1 atom stereocenters. The van der Waals surface area contributed by atoms with E-state index < -0.39 is 0 Å². The van der Waals surface area contributed by atoms with Gasteiger partial charge >= 0.3 is 0 Å². The third kappa shape index (κ3) is 3.26. The molecule has 0 aliphatic rings. The maximum atomic E-state index is 13.1. The summed E-state index contributed by atoms with van der Waals surface area (Å²) in [7, 11) is 2.53. The minimum atomic E-state index is -0.294. The number of amides is 1. The summed E-state index contributed by atoms with van der Waals surface area (Å²) < 4.78 is 1.35. The molecule has 2 N–H and O–H groups in total. The molecule has 6 nitrogen and oxygen atoms in total. The number of aromatic hydroxyl groups is 1. The third-order valence-electron chi connectivity index (χ3n) is 3.89. The van der Waals surface area contributed by atoms with Crippen LogP contribution < -0.4 is 16.2 Å². The van der Waals surface area contributed by atoms with Crippen molar-refractivity contribution >= 4 is 31.4 Å². The Bertz CT molecular complexity index is 1010. The summed E-state index contributed by atoms with van der Waals surface area (Å²) in [5, 5.41) is 14.1. The van der Waals surface area contributed by atoms with Crippen molar-refractivity contribution in [3.05, 3.63) is 58.6 Å². The predicted molar refractivity (Wildman–Crippen MR) is 100 cm³/mol. The normalized spacial score (nSPS) is 10.8. The van der Waals surface area contributed by atoms with Gasteiger partial charge in [0.2, 0.25) is 5.91 Å². The minimum absolute atomic E-state index is 0.0324. The van der Waals surface area contributed by atoms with Gasteiger partial charge in [-0.2, -0.15) is 0 Å². The summed E-state index contributed by atoms with van der Waals surface area (Å²) in [6, 6.07) is 11.9. The second-order valence-corrected chi connectivity index (χ2v) is 6.15. The predicted octanol–water partition coefficient (Wildman–Crippen LogP) is 1.62. The molecule has 0 saturated heterocycles.